The van der Waals surface area contributed by atoms with Crippen LogP contribution in [0.1, 0.15) is 12.0 Å². The zero-order valence-electron chi connectivity index (χ0n) is 12.5. The minimum atomic E-state index is -0.0135. The number of anilines is 3. The van der Waals surface area contributed by atoms with Gasteiger partial charge < -0.3 is 21.4 Å². The first-order chi connectivity index (χ1) is 11.3. The van der Waals surface area contributed by atoms with E-state index in [0.717, 1.165) is 16.9 Å². The molecular formula is C17H17N5O. The second-order valence-corrected chi connectivity index (χ2v) is 5.06. The summed E-state index contributed by atoms with van der Waals surface area (Å²) < 4.78 is 0. The van der Waals surface area contributed by atoms with Crippen molar-refractivity contribution in [1.82, 2.24) is 4.98 Å². The molecule has 1 aliphatic heterocycles. The Morgan fingerprint density at radius 3 is 2.96 bits per heavy atom. The van der Waals surface area contributed by atoms with Gasteiger partial charge in [-0.05, 0) is 18.2 Å². The zero-order valence-corrected chi connectivity index (χ0v) is 12.5. The lowest BCUT2D eigenvalue weighted by molar-refractivity contribution is -0.115. The molecule has 2 aromatic rings. The Morgan fingerprint density at radius 2 is 2.17 bits per heavy atom. The molecule has 0 bridgehead atoms. The SMILES string of the molecule is N=C/C(=C\Nc1ccccn1)c1cccc2c1NCCC(=O)N2. The number of carbonyl (C=O) groups is 1. The summed E-state index contributed by atoms with van der Waals surface area (Å²) in [6.45, 7) is 0.564. The van der Waals surface area contributed by atoms with E-state index >= 15 is 0 Å². The summed E-state index contributed by atoms with van der Waals surface area (Å²) in [5, 5.41) is 16.9. The van der Waals surface area contributed by atoms with Crippen molar-refractivity contribution in [3.63, 3.8) is 0 Å². The Bertz CT molecular complexity index is 755. The van der Waals surface area contributed by atoms with Crippen molar-refractivity contribution in [1.29, 1.82) is 5.41 Å². The lowest BCUT2D eigenvalue weighted by Crippen LogP contribution is -2.10. The number of allylic oxidation sites excluding steroid dienone is 1. The smallest absolute Gasteiger partial charge is 0.226 e. The van der Waals surface area contributed by atoms with E-state index < -0.39 is 0 Å². The number of benzene rings is 1. The summed E-state index contributed by atoms with van der Waals surface area (Å²) in [6.07, 6.45) is 5.13. The van der Waals surface area contributed by atoms with Crippen LogP contribution in [0.25, 0.3) is 5.57 Å². The van der Waals surface area contributed by atoms with Crippen molar-refractivity contribution in [2.45, 2.75) is 6.42 Å². The summed E-state index contributed by atoms with van der Waals surface area (Å²) in [7, 11) is 0. The maximum Gasteiger partial charge on any atom is 0.226 e. The molecule has 1 amide bonds. The second kappa shape index (κ2) is 6.74. The summed E-state index contributed by atoms with van der Waals surface area (Å²) in [5.74, 6) is 0.690. The first kappa shape index (κ1) is 14.8. The minimum Gasteiger partial charge on any atom is -0.382 e. The second-order valence-electron chi connectivity index (χ2n) is 5.06. The van der Waals surface area contributed by atoms with E-state index in [1.165, 1.54) is 6.21 Å². The molecule has 0 saturated heterocycles. The molecule has 0 saturated carbocycles. The quantitative estimate of drug-likeness (QED) is 0.654. The average Bonchev–Trinajstić information content (AvgIpc) is 2.77. The van der Waals surface area contributed by atoms with E-state index in [-0.39, 0.29) is 5.91 Å². The first-order valence-electron chi connectivity index (χ1n) is 7.33. The molecule has 0 unspecified atom stereocenters. The number of rotatable bonds is 4. The normalized spacial score (nSPS) is 14.1. The fourth-order valence-corrected chi connectivity index (χ4v) is 2.40. The Kier molecular flexibility index (Phi) is 4.33. The lowest BCUT2D eigenvalue weighted by Gasteiger charge is -2.14. The highest BCUT2D eigenvalue weighted by Crippen LogP contribution is 2.32. The number of carbonyl (C=O) groups excluding carboxylic acids is 1. The van der Waals surface area contributed by atoms with Gasteiger partial charge in [-0.2, -0.15) is 0 Å². The number of aromatic nitrogens is 1. The monoisotopic (exact) mass is 307 g/mol. The summed E-state index contributed by atoms with van der Waals surface area (Å²) >= 11 is 0. The third kappa shape index (κ3) is 3.37. The van der Waals surface area contributed by atoms with Crippen LogP contribution in [0.4, 0.5) is 17.2 Å². The molecule has 0 fully saturated rings. The van der Waals surface area contributed by atoms with Crippen LogP contribution in [0.2, 0.25) is 0 Å². The van der Waals surface area contributed by atoms with E-state index in [1.807, 2.05) is 36.4 Å². The molecule has 0 atom stereocenters. The van der Waals surface area contributed by atoms with Gasteiger partial charge in [0.2, 0.25) is 5.91 Å². The predicted molar refractivity (Wildman–Crippen MR) is 92.8 cm³/mol. The Morgan fingerprint density at radius 1 is 1.26 bits per heavy atom. The molecule has 0 aliphatic carbocycles. The van der Waals surface area contributed by atoms with Crippen LogP contribution in [-0.2, 0) is 4.79 Å². The van der Waals surface area contributed by atoms with Crippen LogP contribution < -0.4 is 16.0 Å². The molecule has 1 aromatic carbocycles. The lowest BCUT2D eigenvalue weighted by atomic mass is 10.0. The van der Waals surface area contributed by atoms with Crippen LogP contribution in [0, 0.1) is 5.41 Å². The van der Waals surface area contributed by atoms with E-state index in [2.05, 4.69) is 20.9 Å². The third-order valence-corrected chi connectivity index (χ3v) is 3.50. The van der Waals surface area contributed by atoms with Gasteiger partial charge in [0.05, 0.1) is 11.4 Å². The van der Waals surface area contributed by atoms with Gasteiger partial charge in [-0.3, -0.25) is 4.79 Å². The van der Waals surface area contributed by atoms with Crippen LogP contribution in [-0.4, -0.2) is 23.7 Å². The molecule has 6 heteroatoms. The molecule has 4 N–H and O–H groups in total. The van der Waals surface area contributed by atoms with Crippen LogP contribution in [0.5, 0.6) is 0 Å². The molecule has 6 nitrogen and oxygen atoms in total. The largest absolute Gasteiger partial charge is 0.382 e. The van der Waals surface area contributed by atoms with Gasteiger partial charge in [0.25, 0.3) is 0 Å². The number of hydrogen-bond donors (Lipinski definition) is 4. The van der Waals surface area contributed by atoms with Gasteiger partial charge in [0, 0.05) is 42.7 Å². The Balaban J connectivity index is 1.94. The summed E-state index contributed by atoms with van der Waals surface area (Å²) in [5.41, 5.74) is 3.10. The van der Waals surface area contributed by atoms with Crippen molar-refractivity contribution in [2.75, 3.05) is 22.5 Å². The molecule has 23 heavy (non-hydrogen) atoms. The number of amides is 1. The van der Waals surface area contributed by atoms with E-state index in [4.69, 9.17) is 5.41 Å². The van der Waals surface area contributed by atoms with E-state index in [0.29, 0.717) is 24.4 Å². The molecule has 1 aromatic heterocycles. The van der Waals surface area contributed by atoms with E-state index in [1.54, 1.807) is 12.4 Å². The standard InChI is InChI=1S/C17H17N5O/c18-10-12(11-21-15-6-1-2-8-19-15)13-4-3-5-14-17(13)20-9-7-16(23)22-14/h1-6,8,10-11,18,20H,7,9H2,(H,19,21)(H,22,23)/b12-11+,18-10?. The molecule has 0 spiro atoms. The minimum absolute atomic E-state index is 0.0135. The number of para-hydroxylation sites is 1. The predicted octanol–water partition coefficient (Wildman–Crippen LogP) is 2.94. The fraction of sp³-hybridized carbons (Fsp3) is 0.118. The van der Waals surface area contributed by atoms with Crippen LogP contribution in [0.15, 0.2) is 48.8 Å². The highest BCUT2D eigenvalue weighted by atomic mass is 16.1. The van der Waals surface area contributed by atoms with Gasteiger partial charge in [0.1, 0.15) is 5.82 Å². The fourth-order valence-electron chi connectivity index (χ4n) is 2.40. The summed E-state index contributed by atoms with van der Waals surface area (Å²) in [6, 6.07) is 11.2. The topological polar surface area (TPSA) is 89.9 Å². The van der Waals surface area contributed by atoms with Gasteiger partial charge in [-0.15, -0.1) is 0 Å². The molecule has 1 aliphatic rings. The Labute approximate surface area is 134 Å². The van der Waals surface area contributed by atoms with Gasteiger partial charge in [-0.25, -0.2) is 4.98 Å². The van der Waals surface area contributed by atoms with Crippen molar-refractivity contribution in [2.24, 2.45) is 0 Å². The molecule has 0 radical (unpaired) electrons. The van der Waals surface area contributed by atoms with Gasteiger partial charge in [0.15, 0.2) is 0 Å². The molecule has 3 rings (SSSR count). The first-order valence-corrected chi connectivity index (χ1v) is 7.33. The summed E-state index contributed by atoms with van der Waals surface area (Å²) in [4.78, 5) is 15.9. The van der Waals surface area contributed by atoms with Crippen molar-refractivity contribution in [3.05, 3.63) is 54.4 Å². The number of pyridine rings is 1. The van der Waals surface area contributed by atoms with Crippen LogP contribution in [0.3, 0.4) is 0 Å². The van der Waals surface area contributed by atoms with Gasteiger partial charge >= 0.3 is 0 Å². The van der Waals surface area contributed by atoms with Crippen LogP contribution >= 0.6 is 0 Å². The molecule has 2 heterocycles. The number of nitrogens with one attached hydrogen (secondary N) is 4. The number of nitrogens with zero attached hydrogens (tertiary/aromatic N) is 1. The zero-order chi connectivity index (χ0) is 16.1. The van der Waals surface area contributed by atoms with Crippen molar-refractivity contribution in [3.8, 4) is 0 Å². The Hall–Kier alpha value is -3.15. The average molecular weight is 307 g/mol. The van der Waals surface area contributed by atoms with E-state index in [9.17, 15) is 4.79 Å². The maximum atomic E-state index is 11.7. The maximum absolute atomic E-state index is 11.7. The van der Waals surface area contributed by atoms with Gasteiger partial charge in [-0.1, -0.05) is 18.2 Å². The molecular weight excluding hydrogens is 290 g/mol. The third-order valence-electron chi connectivity index (χ3n) is 3.50. The van der Waals surface area contributed by atoms with Crippen molar-refractivity contribution < 1.29 is 4.79 Å². The van der Waals surface area contributed by atoms with Crippen molar-refractivity contribution >= 4 is 34.9 Å². The highest BCUT2D eigenvalue weighted by Gasteiger charge is 2.16. The highest BCUT2D eigenvalue weighted by molar-refractivity contribution is 6.13. The molecule has 116 valence electrons. The number of hydrogen-bond acceptors (Lipinski definition) is 5. The number of fused-ring (bicyclic) bond motifs is 1.